The summed E-state index contributed by atoms with van der Waals surface area (Å²) in [7, 11) is 2.00. The van der Waals surface area contributed by atoms with Crippen molar-refractivity contribution in [3.63, 3.8) is 0 Å². The Morgan fingerprint density at radius 3 is 2.91 bits per heavy atom. The number of ether oxygens (including phenoxy) is 1. The topological polar surface area (TPSA) is 55.0 Å². The minimum atomic E-state index is -0.0933. The fraction of sp³-hybridized carbons (Fsp3) is 0.562. The summed E-state index contributed by atoms with van der Waals surface area (Å²) in [6.45, 7) is 8.48. The maximum Gasteiger partial charge on any atom is 0.134 e. The SMILES string of the molecule is CC1=CC2=NC(C(C)=N1)c1nn(C)c(C)c1C1COCCN21. The maximum absolute atomic E-state index is 5.76. The average Bonchev–Trinajstić information content (AvgIpc) is 2.63. The third kappa shape index (κ3) is 1.86. The molecule has 22 heavy (non-hydrogen) atoms. The number of rotatable bonds is 0. The molecule has 4 rings (SSSR count). The van der Waals surface area contributed by atoms with E-state index < -0.39 is 0 Å². The first-order chi connectivity index (χ1) is 10.6. The van der Waals surface area contributed by atoms with Crippen molar-refractivity contribution in [3.8, 4) is 0 Å². The molecule has 0 spiro atoms. The summed E-state index contributed by atoms with van der Waals surface area (Å²) >= 11 is 0. The van der Waals surface area contributed by atoms with Gasteiger partial charge in [0.2, 0.25) is 0 Å². The lowest BCUT2D eigenvalue weighted by atomic mass is 9.97. The van der Waals surface area contributed by atoms with Crippen LogP contribution in [-0.4, -0.2) is 46.0 Å². The number of hydrogen-bond acceptors (Lipinski definition) is 5. The van der Waals surface area contributed by atoms with E-state index in [4.69, 9.17) is 19.8 Å². The molecular formula is C16H21N5O. The van der Waals surface area contributed by atoms with E-state index in [2.05, 4.69) is 17.9 Å². The molecule has 2 unspecified atom stereocenters. The predicted octanol–water partition coefficient (Wildman–Crippen LogP) is 1.93. The Morgan fingerprint density at radius 1 is 1.27 bits per heavy atom. The van der Waals surface area contributed by atoms with Gasteiger partial charge in [0.25, 0.3) is 0 Å². The van der Waals surface area contributed by atoms with Gasteiger partial charge in [-0.05, 0) is 20.8 Å². The second-order valence-corrected chi connectivity index (χ2v) is 6.22. The Balaban J connectivity index is 1.98. The molecule has 6 nitrogen and oxygen atoms in total. The zero-order valence-electron chi connectivity index (χ0n) is 13.5. The Labute approximate surface area is 130 Å². The first kappa shape index (κ1) is 13.7. The number of aryl methyl sites for hydroxylation is 1. The third-order valence-corrected chi connectivity index (χ3v) is 4.77. The van der Waals surface area contributed by atoms with Gasteiger partial charge in [-0.25, -0.2) is 0 Å². The molecule has 2 bridgehead atoms. The summed E-state index contributed by atoms with van der Waals surface area (Å²) in [5, 5.41) is 4.76. The predicted molar refractivity (Wildman–Crippen MR) is 85.3 cm³/mol. The number of aromatic nitrogens is 2. The zero-order chi connectivity index (χ0) is 15.4. The number of allylic oxidation sites excluding steroid dienone is 1. The van der Waals surface area contributed by atoms with Gasteiger partial charge in [0.15, 0.2) is 0 Å². The summed E-state index contributed by atoms with van der Waals surface area (Å²) in [5.41, 5.74) is 5.48. The van der Waals surface area contributed by atoms with Gasteiger partial charge in [-0.2, -0.15) is 5.10 Å². The zero-order valence-corrected chi connectivity index (χ0v) is 13.5. The molecule has 3 aliphatic heterocycles. The summed E-state index contributed by atoms with van der Waals surface area (Å²) in [4.78, 5) is 12.0. The van der Waals surface area contributed by atoms with Crippen molar-refractivity contribution < 1.29 is 4.74 Å². The lowest BCUT2D eigenvalue weighted by molar-refractivity contribution is 0.0263. The Morgan fingerprint density at radius 2 is 2.09 bits per heavy atom. The van der Waals surface area contributed by atoms with E-state index in [9.17, 15) is 0 Å². The van der Waals surface area contributed by atoms with Crippen LogP contribution in [0.5, 0.6) is 0 Å². The van der Waals surface area contributed by atoms with Gasteiger partial charge in [-0.3, -0.25) is 14.7 Å². The molecule has 0 radical (unpaired) electrons. The molecule has 3 aliphatic rings. The third-order valence-electron chi connectivity index (χ3n) is 4.77. The van der Waals surface area contributed by atoms with Crippen LogP contribution in [0.3, 0.4) is 0 Å². The second-order valence-electron chi connectivity index (χ2n) is 6.22. The van der Waals surface area contributed by atoms with Crippen LogP contribution in [-0.2, 0) is 11.8 Å². The highest BCUT2D eigenvalue weighted by molar-refractivity contribution is 6.00. The standard InChI is InChI=1S/C16H21N5O/c1-9-7-13-18-15(10(2)17-9)16-14(11(3)20(4)19-16)12-8-22-6-5-21(12)13/h7,12,15H,5-6,8H2,1-4H3. The van der Waals surface area contributed by atoms with E-state index >= 15 is 0 Å². The molecular weight excluding hydrogens is 278 g/mol. The van der Waals surface area contributed by atoms with E-state index in [0.29, 0.717) is 6.61 Å². The van der Waals surface area contributed by atoms with Gasteiger partial charge in [0.1, 0.15) is 11.9 Å². The first-order valence-electron chi connectivity index (χ1n) is 7.75. The lowest BCUT2D eigenvalue weighted by Gasteiger charge is -2.36. The van der Waals surface area contributed by atoms with Crippen molar-refractivity contribution >= 4 is 11.5 Å². The number of nitrogens with zero attached hydrogens (tertiary/aromatic N) is 5. The molecule has 4 heterocycles. The fourth-order valence-corrected chi connectivity index (χ4v) is 3.62. The molecule has 0 N–H and O–H groups in total. The fourth-order valence-electron chi connectivity index (χ4n) is 3.62. The quantitative estimate of drug-likeness (QED) is 0.735. The van der Waals surface area contributed by atoms with E-state index in [1.54, 1.807) is 0 Å². The molecule has 0 aromatic carbocycles. The highest BCUT2D eigenvalue weighted by atomic mass is 16.5. The van der Waals surface area contributed by atoms with Gasteiger partial charge in [-0.1, -0.05) is 0 Å². The minimum Gasteiger partial charge on any atom is -0.377 e. The van der Waals surface area contributed by atoms with Crippen LogP contribution in [0.15, 0.2) is 21.8 Å². The Bertz CT molecular complexity index is 727. The summed E-state index contributed by atoms with van der Waals surface area (Å²) in [6, 6.07) is 0.0975. The molecule has 1 aromatic rings. The van der Waals surface area contributed by atoms with Crippen LogP contribution in [0, 0.1) is 6.92 Å². The highest BCUT2D eigenvalue weighted by Gasteiger charge is 2.38. The van der Waals surface area contributed by atoms with Gasteiger partial charge in [-0.15, -0.1) is 0 Å². The van der Waals surface area contributed by atoms with Crippen molar-refractivity contribution in [2.75, 3.05) is 19.8 Å². The molecule has 0 amide bonds. The largest absolute Gasteiger partial charge is 0.377 e. The van der Waals surface area contributed by atoms with Gasteiger partial charge < -0.3 is 9.64 Å². The van der Waals surface area contributed by atoms with E-state index in [0.717, 1.165) is 36.1 Å². The Kier molecular flexibility index (Phi) is 2.97. The van der Waals surface area contributed by atoms with Crippen LogP contribution in [0.25, 0.3) is 0 Å². The number of amidine groups is 1. The molecule has 1 aromatic heterocycles. The van der Waals surface area contributed by atoms with Crippen LogP contribution in [0.2, 0.25) is 0 Å². The molecule has 6 heteroatoms. The second kappa shape index (κ2) is 4.78. The van der Waals surface area contributed by atoms with Crippen molar-refractivity contribution in [1.82, 2.24) is 14.7 Å². The van der Waals surface area contributed by atoms with Crippen LogP contribution < -0.4 is 0 Å². The van der Waals surface area contributed by atoms with Gasteiger partial charge in [0, 0.05) is 42.3 Å². The van der Waals surface area contributed by atoms with Crippen molar-refractivity contribution in [3.05, 3.63) is 28.7 Å². The maximum atomic E-state index is 5.76. The highest BCUT2D eigenvalue weighted by Crippen LogP contribution is 2.38. The molecule has 116 valence electrons. The minimum absolute atomic E-state index is 0.0933. The van der Waals surface area contributed by atoms with Crippen molar-refractivity contribution in [2.24, 2.45) is 17.0 Å². The number of morpholine rings is 1. The summed E-state index contributed by atoms with van der Waals surface area (Å²) < 4.78 is 7.72. The molecule has 1 saturated heterocycles. The van der Waals surface area contributed by atoms with Crippen LogP contribution in [0.4, 0.5) is 0 Å². The van der Waals surface area contributed by atoms with Gasteiger partial charge >= 0.3 is 0 Å². The number of hydrogen-bond donors (Lipinski definition) is 0. The molecule has 0 aliphatic carbocycles. The number of aliphatic imine (C=N–C) groups is 2. The monoisotopic (exact) mass is 299 g/mol. The van der Waals surface area contributed by atoms with Gasteiger partial charge in [0.05, 0.1) is 24.9 Å². The Hall–Kier alpha value is -1.95. The van der Waals surface area contributed by atoms with E-state index in [1.807, 2.05) is 25.6 Å². The molecule has 0 saturated carbocycles. The van der Waals surface area contributed by atoms with Crippen molar-refractivity contribution in [2.45, 2.75) is 32.9 Å². The normalized spacial score (nSPS) is 27.1. The van der Waals surface area contributed by atoms with Crippen molar-refractivity contribution in [1.29, 1.82) is 0 Å². The number of fused-ring (bicyclic) bond motifs is 6. The summed E-state index contributed by atoms with van der Waals surface area (Å²) in [6.07, 6.45) is 2.09. The smallest absolute Gasteiger partial charge is 0.134 e. The first-order valence-corrected chi connectivity index (χ1v) is 7.75. The average molecular weight is 299 g/mol. The molecule has 1 fully saturated rings. The summed E-state index contributed by atoms with van der Waals surface area (Å²) in [5.74, 6) is 1.01. The van der Waals surface area contributed by atoms with E-state index in [-0.39, 0.29) is 12.1 Å². The lowest BCUT2D eigenvalue weighted by Crippen LogP contribution is -2.42. The molecule has 2 atom stereocenters. The van der Waals surface area contributed by atoms with Crippen LogP contribution in [0.1, 0.15) is 42.9 Å². The van der Waals surface area contributed by atoms with E-state index in [1.165, 1.54) is 11.3 Å². The van der Waals surface area contributed by atoms with Crippen LogP contribution >= 0.6 is 0 Å².